The predicted molar refractivity (Wildman–Crippen MR) is 98.5 cm³/mol. The number of hydrogen-bond donors (Lipinski definition) is 2. The molecule has 0 aliphatic heterocycles. The summed E-state index contributed by atoms with van der Waals surface area (Å²) in [5.74, 6) is -0.0981. The van der Waals surface area contributed by atoms with E-state index in [0.29, 0.717) is 5.02 Å². The van der Waals surface area contributed by atoms with Gasteiger partial charge >= 0.3 is 0 Å². The van der Waals surface area contributed by atoms with Gasteiger partial charge in [-0.3, -0.25) is 4.79 Å². The number of carbonyl (C=O) groups excluding carboxylic acids is 1. The molecule has 3 nitrogen and oxygen atoms in total. The summed E-state index contributed by atoms with van der Waals surface area (Å²) in [6.07, 6.45) is 0. The van der Waals surface area contributed by atoms with Crippen LogP contribution in [0.1, 0.15) is 31.9 Å². The first-order valence-corrected chi connectivity index (χ1v) is 8.05. The molecule has 0 saturated heterocycles. The molecular formula is C19H23ClN2O. The van der Waals surface area contributed by atoms with Crippen molar-refractivity contribution in [1.82, 2.24) is 0 Å². The Labute approximate surface area is 143 Å². The van der Waals surface area contributed by atoms with Crippen LogP contribution in [0.15, 0.2) is 42.5 Å². The SMILES string of the molecule is Cc1c(Cl)cccc1NC(=O)CNc1ccccc1C(C)(C)C. The van der Waals surface area contributed by atoms with E-state index < -0.39 is 0 Å². The van der Waals surface area contributed by atoms with Crippen LogP contribution in [0.2, 0.25) is 5.02 Å². The standard InChI is InChI=1S/C19H23ClN2O/c1-13-15(20)9-7-11-16(13)22-18(23)12-21-17-10-6-5-8-14(17)19(2,3)4/h5-11,21H,12H2,1-4H3,(H,22,23). The van der Waals surface area contributed by atoms with Gasteiger partial charge in [0.05, 0.1) is 6.54 Å². The van der Waals surface area contributed by atoms with Gasteiger partial charge in [0.25, 0.3) is 0 Å². The Morgan fingerprint density at radius 3 is 2.39 bits per heavy atom. The third kappa shape index (κ3) is 4.49. The van der Waals surface area contributed by atoms with Crippen LogP contribution in [-0.2, 0) is 10.2 Å². The number of nitrogens with one attached hydrogen (secondary N) is 2. The minimum absolute atomic E-state index is 0.0175. The number of anilines is 2. The average Bonchev–Trinajstić information content (AvgIpc) is 2.49. The first-order chi connectivity index (χ1) is 10.8. The molecule has 2 rings (SSSR count). The molecule has 2 aromatic rings. The summed E-state index contributed by atoms with van der Waals surface area (Å²) in [5.41, 5.74) is 3.81. The topological polar surface area (TPSA) is 41.1 Å². The van der Waals surface area contributed by atoms with Gasteiger partial charge in [-0.05, 0) is 41.7 Å². The molecular weight excluding hydrogens is 308 g/mol. The minimum Gasteiger partial charge on any atom is -0.376 e. The highest BCUT2D eigenvalue weighted by molar-refractivity contribution is 6.31. The van der Waals surface area contributed by atoms with Gasteiger partial charge in [0, 0.05) is 16.4 Å². The van der Waals surface area contributed by atoms with Crippen LogP contribution in [0.5, 0.6) is 0 Å². The van der Waals surface area contributed by atoms with Gasteiger partial charge in [0.15, 0.2) is 0 Å². The quantitative estimate of drug-likeness (QED) is 0.828. The van der Waals surface area contributed by atoms with Crippen molar-refractivity contribution in [2.45, 2.75) is 33.1 Å². The number of benzene rings is 2. The Bertz CT molecular complexity index is 705. The fraction of sp³-hybridized carbons (Fsp3) is 0.316. The van der Waals surface area contributed by atoms with E-state index in [1.54, 1.807) is 0 Å². The summed E-state index contributed by atoms with van der Waals surface area (Å²) in [5, 5.41) is 6.77. The molecule has 0 atom stereocenters. The third-order valence-corrected chi connectivity index (χ3v) is 4.13. The molecule has 2 aromatic carbocycles. The highest BCUT2D eigenvalue weighted by atomic mass is 35.5. The summed E-state index contributed by atoms with van der Waals surface area (Å²) in [7, 11) is 0. The van der Waals surface area contributed by atoms with E-state index in [1.807, 2.05) is 43.3 Å². The molecule has 0 radical (unpaired) electrons. The molecule has 0 heterocycles. The van der Waals surface area contributed by atoms with Crippen LogP contribution < -0.4 is 10.6 Å². The minimum atomic E-state index is -0.0981. The van der Waals surface area contributed by atoms with Crippen molar-refractivity contribution in [1.29, 1.82) is 0 Å². The van der Waals surface area contributed by atoms with Crippen molar-refractivity contribution in [2.24, 2.45) is 0 Å². The molecule has 23 heavy (non-hydrogen) atoms. The molecule has 0 aromatic heterocycles. The average molecular weight is 331 g/mol. The van der Waals surface area contributed by atoms with E-state index in [-0.39, 0.29) is 17.9 Å². The second kappa shape index (κ2) is 7.05. The number of para-hydroxylation sites is 1. The highest BCUT2D eigenvalue weighted by Gasteiger charge is 2.17. The van der Waals surface area contributed by atoms with Crippen molar-refractivity contribution < 1.29 is 4.79 Å². The van der Waals surface area contributed by atoms with Crippen LogP contribution in [-0.4, -0.2) is 12.5 Å². The van der Waals surface area contributed by atoms with Gasteiger partial charge in [-0.25, -0.2) is 0 Å². The van der Waals surface area contributed by atoms with E-state index in [2.05, 4.69) is 37.5 Å². The molecule has 1 amide bonds. The van der Waals surface area contributed by atoms with Crippen LogP contribution in [0.3, 0.4) is 0 Å². The van der Waals surface area contributed by atoms with E-state index in [0.717, 1.165) is 16.9 Å². The molecule has 2 N–H and O–H groups in total. The summed E-state index contributed by atoms with van der Waals surface area (Å²) in [6, 6.07) is 13.6. The molecule has 0 bridgehead atoms. The van der Waals surface area contributed by atoms with Gasteiger partial charge in [0.1, 0.15) is 0 Å². The number of carbonyl (C=O) groups is 1. The Morgan fingerprint density at radius 2 is 1.70 bits per heavy atom. The third-order valence-electron chi connectivity index (χ3n) is 3.72. The lowest BCUT2D eigenvalue weighted by Crippen LogP contribution is -2.24. The Kier molecular flexibility index (Phi) is 5.32. The van der Waals surface area contributed by atoms with Gasteiger partial charge in [-0.1, -0.05) is 56.6 Å². The largest absolute Gasteiger partial charge is 0.376 e. The lowest BCUT2D eigenvalue weighted by Gasteiger charge is -2.23. The van der Waals surface area contributed by atoms with Gasteiger partial charge < -0.3 is 10.6 Å². The summed E-state index contributed by atoms with van der Waals surface area (Å²) >= 11 is 6.07. The second-order valence-corrected chi connectivity index (χ2v) is 7.02. The normalized spacial score (nSPS) is 11.2. The van der Waals surface area contributed by atoms with E-state index in [1.165, 1.54) is 5.56 Å². The Hall–Kier alpha value is -2.00. The van der Waals surface area contributed by atoms with E-state index in [4.69, 9.17) is 11.6 Å². The Morgan fingerprint density at radius 1 is 1.04 bits per heavy atom. The number of halogens is 1. The molecule has 0 aliphatic rings. The first-order valence-electron chi connectivity index (χ1n) is 7.67. The monoisotopic (exact) mass is 330 g/mol. The summed E-state index contributed by atoms with van der Waals surface area (Å²) in [6.45, 7) is 8.56. The number of hydrogen-bond acceptors (Lipinski definition) is 2. The van der Waals surface area contributed by atoms with Crippen LogP contribution in [0.25, 0.3) is 0 Å². The van der Waals surface area contributed by atoms with Crippen molar-refractivity contribution in [3.05, 3.63) is 58.6 Å². The van der Waals surface area contributed by atoms with Crippen LogP contribution in [0.4, 0.5) is 11.4 Å². The molecule has 122 valence electrons. The highest BCUT2D eigenvalue weighted by Crippen LogP contribution is 2.29. The molecule has 0 aliphatic carbocycles. The molecule has 0 fully saturated rings. The zero-order valence-electron chi connectivity index (χ0n) is 14.0. The van der Waals surface area contributed by atoms with E-state index in [9.17, 15) is 4.79 Å². The maximum Gasteiger partial charge on any atom is 0.243 e. The van der Waals surface area contributed by atoms with Gasteiger partial charge in [-0.15, -0.1) is 0 Å². The van der Waals surface area contributed by atoms with Crippen molar-refractivity contribution >= 4 is 28.9 Å². The zero-order chi connectivity index (χ0) is 17.0. The molecule has 0 saturated carbocycles. The van der Waals surface area contributed by atoms with Crippen molar-refractivity contribution in [3.8, 4) is 0 Å². The fourth-order valence-electron chi connectivity index (χ4n) is 2.40. The number of rotatable bonds is 4. The van der Waals surface area contributed by atoms with E-state index >= 15 is 0 Å². The summed E-state index contributed by atoms with van der Waals surface area (Å²) < 4.78 is 0. The summed E-state index contributed by atoms with van der Waals surface area (Å²) in [4.78, 5) is 12.2. The van der Waals surface area contributed by atoms with Gasteiger partial charge in [-0.2, -0.15) is 0 Å². The molecule has 4 heteroatoms. The van der Waals surface area contributed by atoms with Crippen LogP contribution >= 0.6 is 11.6 Å². The van der Waals surface area contributed by atoms with Gasteiger partial charge in [0.2, 0.25) is 5.91 Å². The first kappa shape index (κ1) is 17.4. The second-order valence-electron chi connectivity index (χ2n) is 6.61. The maximum atomic E-state index is 12.2. The van der Waals surface area contributed by atoms with Crippen LogP contribution in [0, 0.1) is 6.92 Å². The smallest absolute Gasteiger partial charge is 0.243 e. The van der Waals surface area contributed by atoms with Crippen molar-refractivity contribution in [3.63, 3.8) is 0 Å². The van der Waals surface area contributed by atoms with Crippen molar-refractivity contribution in [2.75, 3.05) is 17.2 Å². The lowest BCUT2D eigenvalue weighted by molar-refractivity contribution is -0.114. The number of amides is 1. The maximum absolute atomic E-state index is 12.2. The predicted octanol–water partition coefficient (Wildman–Crippen LogP) is 5.00. The lowest BCUT2D eigenvalue weighted by atomic mass is 9.86. The molecule has 0 unspecified atom stereocenters. The zero-order valence-corrected chi connectivity index (χ0v) is 14.8. The molecule has 0 spiro atoms. The Balaban J connectivity index is 2.04. The fourth-order valence-corrected chi connectivity index (χ4v) is 2.58.